The number of methoxy groups -OCH3 is 1. The van der Waals surface area contributed by atoms with Crippen LogP contribution in [0.5, 0.6) is 5.75 Å². The fraction of sp³-hybridized carbons (Fsp3) is 0.321. The molecule has 0 radical (unpaired) electrons. The third-order valence-electron chi connectivity index (χ3n) is 8.16. The molecule has 2 fully saturated rings. The van der Waals surface area contributed by atoms with Crippen molar-refractivity contribution < 1.29 is 9.53 Å². The largest absolute Gasteiger partial charge is 0.497 e. The van der Waals surface area contributed by atoms with Crippen LogP contribution in [0.4, 0.5) is 11.5 Å². The van der Waals surface area contributed by atoms with Gasteiger partial charge in [-0.15, -0.1) is 24.8 Å². The molecule has 2 N–H and O–H groups in total. The van der Waals surface area contributed by atoms with Gasteiger partial charge in [-0.25, -0.2) is 4.98 Å². The predicted octanol–water partition coefficient (Wildman–Crippen LogP) is 4.61. The lowest BCUT2D eigenvalue weighted by atomic mass is 9.91. The zero-order valence-corrected chi connectivity index (χ0v) is 22.9. The predicted molar refractivity (Wildman–Crippen MR) is 154 cm³/mol. The van der Waals surface area contributed by atoms with E-state index < -0.39 is 5.41 Å². The van der Waals surface area contributed by atoms with E-state index in [1.54, 1.807) is 7.11 Å². The molecule has 2 aliphatic heterocycles. The van der Waals surface area contributed by atoms with Crippen molar-refractivity contribution in [1.29, 1.82) is 0 Å². The molecule has 4 heterocycles. The number of rotatable bonds is 4. The molecule has 1 amide bonds. The summed E-state index contributed by atoms with van der Waals surface area (Å²) in [4.78, 5) is 22.4. The van der Waals surface area contributed by atoms with Crippen LogP contribution in [0.15, 0.2) is 54.7 Å². The van der Waals surface area contributed by atoms with Crippen LogP contribution < -0.4 is 15.0 Å². The molecule has 38 heavy (non-hydrogen) atoms. The average molecular weight is 553 g/mol. The molecule has 1 saturated heterocycles. The first-order valence-electron chi connectivity index (χ1n) is 12.4. The summed E-state index contributed by atoms with van der Waals surface area (Å²) in [7, 11) is 3.81. The molecule has 198 valence electrons. The average Bonchev–Trinajstić information content (AvgIpc) is 3.44. The molecule has 2 aromatic carbocycles. The van der Waals surface area contributed by atoms with Gasteiger partial charge in [0.25, 0.3) is 0 Å². The Labute approximate surface area is 233 Å². The number of pyridine rings is 1. The number of aromatic amines is 1. The Morgan fingerprint density at radius 3 is 2.58 bits per heavy atom. The highest BCUT2D eigenvalue weighted by Crippen LogP contribution is 2.65. The van der Waals surface area contributed by atoms with E-state index >= 15 is 0 Å². The van der Waals surface area contributed by atoms with Gasteiger partial charge in [0.15, 0.2) is 0 Å². The number of hydrogen-bond acceptors (Lipinski definition) is 6. The third-order valence-corrected chi connectivity index (χ3v) is 8.16. The Morgan fingerprint density at radius 1 is 1.03 bits per heavy atom. The minimum Gasteiger partial charge on any atom is -0.497 e. The lowest BCUT2D eigenvalue weighted by Crippen LogP contribution is -2.44. The van der Waals surface area contributed by atoms with E-state index in [9.17, 15) is 4.79 Å². The molecular formula is C28H30Cl2N6O2. The molecule has 2 aromatic heterocycles. The number of carbonyl (C=O) groups excluding carboxylic acids is 1. The Hall–Kier alpha value is -3.33. The molecular weight excluding hydrogens is 523 g/mol. The monoisotopic (exact) mass is 552 g/mol. The second-order valence-corrected chi connectivity index (χ2v) is 10.2. The zero-order valence-electron chi connectivity index (χ0n) is 21.2. The fourth-order valence-electron chi connectivity index (χ4n) is 5.92. The van der Waals surface area contributed by atoms with Crippen LogP contribution in [0, 0.1) is 0 Å². The van der Waals surface area contributed by atoms with Gasteiger partial charge in [-0.2, -0.15) is 5.10 Å². The van der Waals surface area contributed by atoms with Gasteiger partial charge in [0.2, 0.25) is 5.91 Å². The van der Waals surface area contributed by atoms with Crippen LogP contribution in [0.3, 0.4) is 0 Å². The molecule has 2 atom stereocenters. The maximum Gasteiger partial charge on any atom is 0.235 e. The van der Waals surface area contributed by atoms with Crippen LogP contribution in [0.2, 0.25) is 0 Å². The number of fused-ring (bicyclic) bond motifs is 3. The summed E-state index contributed by atoms with van der Waals surface area (Å²) >= 11 is 0. The number of aromatic nitrogens is 3. The van der Waals surface area contributed by atoms with Crippen molar-refractivity contribution in [2.24, 2.45) is 0 Å². The molecule has 0 bridgehead atoms. The topological polar surface area (TPSA) is 86.4 Å². The molecule has 7 rings (SSSR count). The maximum atomic E-state index is 13.0. The van der Waals surface area contributed by atoms with E-state index in [0.717, 1.165) is 83.1 Å². The number of carbonyl (C=O) groups is 1. The summed E-state index contributed by atoms with van der Waals surface area (Å²) in [5, 5.41) is 11.9. The third kappa shape index (κ3) is 3.99. The summed E-state index contributed by atoms with van der Waals surface area (Å²) < 4.78 is 5.42. The van der Waals surface area contributed by atoms with Crippen molar-refractivity contribution in [1.82, 2.24) is 20.1 Å². The Balaban J connectivity index is 0.00000147. The van der Waals surface area contributed by atoms with Gasteiger partial charge in [-0.3, -0.25) is 9.89 Å². The Morgan fingerprint density at radius 2 is 1.84 bits per heavy atom. The molecule has 3 aliphatic rings. The highest BCUT2D eigenvalue weighted by molar-refractivity contribution is 6.10. The highest BCUT2D eigenvalue weighted by atomic mass is 35.5. The van der Waals surface area contributed by atoms with Crippen LogP contribution in [0.25, 0.3) is 22.2 Å². The van der Waals surface area contributed by atoms with Gasteiger partial charge in [-0.05, 0) is 61.0 Å². The van der Waals surface area contributed by atoms with Crippen molar-refractivity contribution in [3.05, 3.63) is 65.9 Å². The normalized spacial score (nSPS) is 22.0. The molecule has 1 aliphatic carbocycles. The van der Waals surface area contributed by atoms with Crippen LogP contribution in [0.1, 0.15) is 23.5 Å². The van der Waals surface area contributed by atoms with E-state index in [0.29, 0.717) is 0 Å². The number of amides is 1. The molecule has 0 unspecified atom stereocenters. The second-order valence-electron chi connectivity index (χ2n) is 10.2. The smallest absolute Gasteiger partial charge is 0.235 e. The van der Waals surface area contributed by atoms with Crippen molar-refractivity contribution >= 4 is 53.1 Å². The summed E-state index contributed by atoms with van der Waals surface area (Å²) in [6.45, 7) is 4.10. The molecule has 10 heteroatoms. The van der Waals surface area contributed by atoms with E-state index in [-0.39, 0.29) is 36.6 Å². The summed E-state index contributed by atoms with van der Waals surface area (Å²) in [6.07, 6.45) is 2.71. The van der Waals surface area contributed by atoms with Crippen molar-refractivity contribution in [2.45, 2.75) is 17.8 Å². The standard InChI is InChI=1S/C28H28N6O2.2ClH/c1-33-9-11-34(12-10-33)25-8-4-18(16-29-25)26-20-6-3-17(13-24(20)31-32-26)22-15-28(22)21-14-19(36-2)5-7-23(21)30-27(28)35;;/h3-8,13-14,16,22H,9-12,15H2,1-2H3,(H,30,35)(H,31,32);2*1H/t22-,28-;;/m0../s1. The second kappa shape index (κ2) is 9.76. The minimum absolute atomic E-state index is 0. The highest BCUT2D eigenvalue weighted by Gasteiger charge is 2.65. The maximum absolute atomic E-state index is 13.0. The van der Waals surface area contributed by atoms with Crippen molar-refractivity contribution in [3.8, 4) is 17.0 Å². The van der Waals surface area contributed by atoms with Gasteiger partial charge < -0.3 is 19.9 Å². The fourth-order valence-corrected chi connectivity index (χ4v) is 5.92. The Bertz CT molecular complexity index is 1500. The van der Waals surface area contributed by atoms with E-state index in [1.807, 2.05) is 24.4 Å². The van der Waals surface area contributed by atoms with E-state index in [1.165, 1.54) is 0 Å². The van der Waals surface area contributed by atoms with Gasteiger partial charge in [-0.1, -0.05) is 12.1 Å². The zero-order chi connectivity index (χ0) is 24.4. The van der Waals surface area contributed by atoms with Gasteiger partial charge >= 0.3 is 0 Å². The number of H-pyrrole nitrogens is 1. The van der Waals surface area contributed by atoms with Crippen LogP contribution in [-0.2, 0) is 10.2 Å². The van der Waals surface area contributed by atoms with Gasteiger partial charge in [0.05, 0.1) is 18.0 Å². The number of anilines is 2. The number of hydrogen-bond donors (Lipinski definition) is 2. The van der Waals surface area contributed by atoms with E-state index in [4.69, 9.17) is 9.72 Å². The lowest BCUT2D eigenvalue weighted by molar-refractivity contribution is -0.118. The quantitative estimate of drug-likeness (QED) is 0.384. The number of nitrogens with zero attached hydrogens (tertiary/aromatic N) is 4. The van der Waals surface area contributed by atoms with Gasteiger partial charge in [0, 0.05) is 54.9 Å². The number of likely N-dealkylation sites (N-methyl/N-ethyl adjacent to an activating group) is 1. The van der Waals surface area contributed by atoms with E-state index in [2.05, 4.69) is 62.7 Å². The number of benzene rings is 2. The van der Waals surface area contributed by atoms with Gasteiger partial charge in [0.1, 0.15) is 17.3 Å². The first kappa shape index (κ1) is 26.3. The number of ether oxygens (including phenoxy) is 1. The SMILES string of the molecule is COc1ccc2c(c1)[C@]1(C[C@H]1c1ccc3c(-c4ccc(N5CCN(C)CC5)nc4)n[nH]c3c1)C(=O)N2.Cl.Cl. The summed E-state index contributed by atoms with van der Waals surface area (Å²) in [6, 6.07) is 16.4. The van der Waals surface area contributed by atoms with Crippen LogP contribution >= 0.6 is 24.8 Å². The first-order chi connectivity index (χ1) is 17.6. The summed E-state index contributed by atoms with van der Waals surface area (Å²) in [5.74, 6) is 2.00. The van der Waals surface area contributed by atoms with Crippen molar-refractivity contribution in [3.63, 3.8) is 0 Å². The minimum atomic E-state index is -0.511. The number of piperazine rings is 1. The Kier molecular flexibility index (Phi) is 6.75. The molecule has 4 aromatic rings. The summed E-state index contributed by atoms with van der Waals surface area (Å²) in [5.41, 5.74) is 5.42. The number of nitrogens with one attached hydrogen (secondary N) is 2. The lowest BCUT2D eigenvalue weighted by Gasteiger charge is -2.33. The number of halogens is 2. The van der Waals surface area contributed by atoms with Crippen molar-refractivity contribution in [2.75, 3.05) is 50.6 Å². The molecule has 1 saturated carbocycles. The molecule has 8 nitrogen and oxygen atoms in total. The first-order valence-corrected chi connectivity index (χ1v) is 12.4. The van der Waals surface area contributed by atoms with Crippen LogP contribution in [-0.4, -0.2) is 66.3 Å². The molecule has 1 spiro atoms.